The molecule has 20 heavy (non-hydrogen) atoms. The number of anilines is 1. The second kappa shape index (κ2) is 6.33. The number of nitrogens with one attached hydrogen (secondary N) is 1. The average molecular weight is 326 g/mol. The summed E-state index contributed by atoms with van der Waals surface area (Å²) in [6, 6.07) is 1.74. The second-order valence-electron chi connectivity index (χ2n) is 4.07. The molecule has 0 aliphatic carbocycles. The summed E-state index contributed by atoms with van der Waals surface area (Å²) >= 11 is 5.55. The predicted molar refractivity (Wildman–Crippen MR) is 74.0 cm³/mol. The Hall–Kier alpha value is -1.45. The van der Waals surface area contributed by atoms with Crippen molar-refractivity contribution in [3.63, 3.8) is 0 Å². The number of sulfonamides is 1. The van der Waals surface area contributed by atoms with Gasteiger partial charge in [0.15, 0.2) is 0 Å². The molecule has 0 fully saturated rings. The molecule has 0 amide bonds. The van der Waals surface area contributed by atoms with Crippen LogP contribution in [0.3, 0.4) is 0 Å². The first-order chi connectivity index (χ1) is 9.15. The number of halogens is 2. The van der Waals surface area contributed by atoms with Crippen LogP contribution in [0.15, 0.2) is 12.1 Å². The van der Waals surface area contributed by atoms with Gasteiger partial charge in [-0.15, -0.1) is 0 Å². The van der Waals surface area contributed by atoms with Crippen LogP contribution in [-0.2, 0) is 10.0 Å². The van der Waals surface area contributed by atoms with Crippen molar-refractivity contribution < 1.29 is 17.7 Å². The van der Waals surface area contributed by atoms with E-state index in [0.717, 1.165) is 10.4 Å². The number of hydrogen-bond acceptors (Lipinski definition) is 5. The van der Waals surface area contributed by atoms with E-state index < -0.39 is 26.5 Å². The van der Waals surface area contributed by atoms with Crippen molar-refractivity contribution in [1.29, 1.82) is 0 Å². The molecule has 1 aromatic carbocycles. The van der Waals surface area contributed by atoms with Crippen molar-refractivity contribution in [2.75, 3.05) is 31.7 Å². The Kier molecular flexibility index (Phi) is 5.26. The number of benzene rings is 1. The maximum absolute atomic E-state index is 13.2. The third-order valence-electron chi connectivity index (χ3n) is 2.47. The van der Waals surface area contributed by atoms with Crippen molar-refractivity contribution >= 4 is 33.0 Å². The maximum atomic E-state index is 13.2. The lowest BCUT2D eigenvalue weighted by molar-refractivity contribution is -0.384. The molecule has 0 spiro atoms. The molecule has 0 aliphatic heterocycles. The van der Waals surface area contributed by atoms with Crippen LogP contribution in [0.2, 0.25) is 5.02 Å². The van der Waals surface area contributed by atoms with Gasteiger partial charge in [0.2, 0.25) is 10.0 Å². The zero-order valence-electron chi connectivity index (χ0n) is 10.8. The summed E-state index contributed by atoms with van der Waals surface area (Å²) in [5.41, 5.74) is -0.537. The minimum Gasteiger partial charge on any atom is -0.378 e. The van der Waals surface area contributed by atoms with Crippen LogP contribution in [0.25, 0.3) is 0 Å². The summed E-state index contributed by atoms with van der Waals surface area (Å²) in [6.45, 7) is -0.0662. The van der Waals surface area contributed by atoms with Gasteiger partial charge in [-0.05, 0) is 6.07 Å². The van der Waals surface area contributed by atoms with Crippen molar-refractivity contribution in [1.82, 2.24) is 4.31 Å². The minimum absolute atomic E-state index is 0.0321. The van der Waals surface area contributed by atoms with E-state index >= 15 is 0 Å². The first-order valence-corrected chi connectivity index (χ1v) is 7.41. The molecule has 0 aromatic heterocycles. The summed E-state index contributed by atoms with van der Waals surface area (Å²) in [7, 11) is -0.663. The Labute approximate surface area is 120 Å². The Morgan fingerprint density at radius 2 is 2.05 bits per heavy atom. The molecule has 0 unspecified atom stereocenters. The van der Waals surface area contributed by atoms with E-state index in [1.54, 1.807) is 0 Å². The molecule has 1 rings (SSSR count). The van der Waals surface area contributed by atoms with E-state index in [-0.39, 0.29) is 23.0 Å². The van der Waals surface area contributed by atoms with Crippen molar-refractivity contribution in [2.24, 2.45) is 0 Å². The highest BCUT2D eigenvalue weighted by molar-refractivity contribution is 7.89. The molecule has 0 aliphatic rings. The van der Waals surface area contributed by atoms with Gasteiger partial charge in [-0.25, -0.2) is 17.1 Å². The van der Waals surface area contributed by atoms with Crippen LogP contribution in [0.1, 0.15) is 0 Å². The zero-order chi connectivity index (χ0) is 15.5. The molecule has 0 bridgehead atoms. The van der Waals surface area contributed by atoms with E-state index in [2.05, 4.69) is 5.32 Å². The van der Waals surface area contributed by atoms with Crippen LogP contribution >= 0.6 is 11.6 Å². The zero-order valence-corrected chi connectivity index (χ0v) is 12.3. The highest BCUT2D eigenvalue weighted by Crippen LogP contribution is 2.30. The second-order valence-corrected chi connectivity index (χ2v) is 6.78. The first kappa shape index (κ1) is 16.6. The summed E-state index contributed by atoms with van der Waals surface area (Å²) in [4.78, 5) is 10.0. The molecule has 112 valence electrons. The highest BCUT2D eigenvalue weighted by atomic mass is 35.5. The molecule has 1 aromatic rings. The van der Waals surface area contributed by atoms with Gasteiger partial charge >= 0.3 is 0 Å². The third kappa shape index (κ3) is 4.02. The predicted octanol–water partition coefficient (Wildman–Crippen LogP) is 1.69. The van der Waals surface area contributed by atoms with E-state index in [9.17, 15) is 22.9 Å². The lowest BCUT2D eigenvalue weighted by Crippen LogP contribution is -2.28. The van der Waals surface area contributed by atoms with Crippen LogP contribution in [0.4, 0.5) is 15.8 Å². The van der Waals surface area contributed by atoms with Crippen LogP contribution in [0, 0.1) is 15.9 Å². The number of nitrogens with zero attached hydrogens (tertiary/aromatic N) is 2. The fraction of sp³-hybridized carbons (Fsp3) is 0.400. The van der Waals surface area contributed by atoms with Gasteiger partial charge < -0.3 is 5.32 Å². The number of nitro groups is 1. The molecule has 0 atom stereocenters. The molecule has 7 nitrogen and oxygen atoms in total. The van der Waals surface area contributed by atoms with Crippen LogP contribution in [-0.4, -0.2) is 44.0 Å². The fourth-order valence-electron chi connectivity index (χ4n) is 1.33. The summed E-state index contributed by atoms with van der Waals surface area (Å²) in [6.07, 6.45) is 0. The normalized spacial score (nSPS) is 11.7. The third-order valence-corrected chi connectivity index (χ3v) is 4.59. The number of rotatable bonds is 6. The Balaban J connectivity index is 2.88. The lowest BCUT2D eigenvalue weighted by Gasteiger charge is -2.12. The van der Waals surface area contributed by atoms with Crippen molar-refractivity contribution in [3.8, 4) is 0 Å². The molecule has 0 heterocycles. The van der Waals surface area contributed by atoms with E-state index in [0.29, 0.717) is 6.07 Å². The van der Waals surface area contributed by atoms with Gasteiger partial charge in [-0.1, -0.05) is 11.6 Å². The van der Waals surface area contributed by atoms with E-state index in [4.69, 9.17) is 11.6 Å². The van der Waals surface area contributed by atoms with Gasteiger partial charge in [0.05, 0.1) is 21.8 Å². The Bertz CT molecular complexity index is 621. The topological polar surface area (TPSA) is 92.6 Å². The van der Waals surface area contributed by atoms with Crippen molar-refractivity contribution in [2.45, 2.75) is 0 Å². The monoisotopic (exact) mass is 325 g/mol. The maximum Gasteiger partial charge on any atom is 0.295 e. The molecule has 0 radical (unpaired) electrons. The largest absolute Gasteiger partial charge is 0.378 e. The van der Waals surface area contributed by atoms with Gasteiger partial charge in [0.1, 0.15) is 11.5 Å². The Morgan fingerprint density at radius 3 is 2.55 bits per heavy atom. The SMILES string of the molecule is CN(C)S(=O)(=O)CCNc1cc(Cl)c(F)cc1[N+](=O)[O-]. The lowest BCUT2D eigenvalue weighted by atomic mass is 10.2. The molecular weight excluding hydrogens is 313 g/mol. The van der Waals surface area contributed by atoms with Gasteiger partial charge in [-0.3, -0.25) is 10.1 Å². The first-order valence-electron chi connectivity index (χ1n) is 5.42. The highest BCUT2D eigenvalue weighted by Gasteiger charge is 2.19. The summed E-state index contributed by atoms with van der Waals surface area (Å²) < 4.78 is 37.3. The molecule has 0 saturated heterocycles. The smallest absolute Gasteiger partial charge is 0.295 e. The van der Waals surface area contributed by atoms with E-state index in [1.807, 2.05) is 0 Å². The number of nitro benzene ring substituents is 1. The Morgan fingerprint density at radius 1 is 1.45 bits per heavy atom. The van der Waals surface area contributed by atoms with Crippen molar-refractivity contribution in [3.05, 3.63) is 33.1 Å². The minimum atomic E-state index is -3.43. The van der Waals surface area contributed by atoms with Crippen LogP contribution < -0.4 is 5.32 Å². The molecule has 10 heteroatoms. The van der Waals surface area contributed by atoms with Crippen LogP contribution in [0.5, 0.6) is 0 Å². The fourth-order valence-corrected chi connectivity index (χ4v) is 2.22. The molecular formula is C10H13ClFN3O4S. The average Bonchev–Trinajstić information content (AvgIpc) is 2.32. The van der Waals surface area contributed by atoms with E-state index in [1.165, 1.54) is 14.1 Å². The summed E-state index contributed by atoms with van der Waals surface area (Å²) in [5.74, 6) is -1.17. The molecule has 0 saturated carbocycles. The van der Waals surface area contributed by atoms with Gasteiger partial charge in [0, 0.05) is 20.6 Å². The van der Waals surface area contributed by atoms with Gasteiger partial charge in [-0.2, -0.15) is 0 Å². The quantitative estimate of drug-likeness (QED) is 0.634. The summed E-state index contributed by atoms with van der Waals surface area (Å²) in [5, 5.41) is 13.1. The van der Waals surface area contributed by atoms with Gasteiger partial charge in [0.25, 0.3) is 5.69 Å². The number of hydrogen-bond donors (Lipinski definition) is 1. The molecule has 1 N–H and O–H groups in total. The standard InChI is InChI=1S/C10H13ClFN3O4S/c1-14(2)20(18,19)4-3-13-9-5-7(11)8(12)6-10(9)15(16)17/h5-6,13H,3-4H2,1-2H3.